The molecule has 14 heteroatoms. The first-order valence-electron chi connectivity index (χ1n) is 14.9. The zero-order valence-electron chi connectivity index (χ0n) is 24.2. The highest BCUT2D eigenvalue weighted by atomic mass is 17.0. The number of likely N-dealkylation sites (tertiary alicyclic amines) is 2. The van der Waals surface area contributed by atoms with Crippen molar-refractivity contribution in [2.75, 3.05) is 52.5 Å². The number of hydrogen-bond acceptors (Lipinski definition) is 10. The van der Waals surface area contributed by atoms with Gasteiger partial charge in [0.2, 0.25) is 11.8 Å². The molecule has 2 amide bonds. The Hall–Kier alpha value is -3.52. The summed E-state index contributed by atoms with van der Waals surface area (Å²) in [5, 5.41) is 24.6. The lowest BCUT2D eigenvalue weighted by atomic mass is 9.95. The second kappa shape index (κ2) is 18.1. The Morgan fingerprint density at radius 3 is 1.38 bits per heavy atom. The Morgan fingerprint density at radius 1 is 0.690 bits per heavy atom. The van der Waals surface area contributed by atoms with Crippen molar-refractivity contribution in [3.8, 4) is 0 Å². The van der Waals surface area contributed by atoms with Crippen LogP contribution < -0.4 is 10.6 Å². The van der Waals surface area contributed by atoms with Crippen molar-refractivity contribution < 1.29 is 29.4 Å². The number of carbonyl (C=O) groups excluding carboxylic acids is 2. The standard InChI is InChI=1S/C28H44N6O8/c35-27(29-13-1-3-19-41-33(37)38)25-9-15-31(16-10-25)21-23-5-7-24(8-6-23)22-32-17-11-26(12-18-32)28(36)30-14-2-4-20-42-34(39)40/h5-8,25-26H,1-4,9-22H2,(H,29,35)(H,30,36). The van der Waals surface area contributed by atoms with Crippen LogP contribution in [0.1, 0.15) is 62.5 Å². The Kier molecular flexibility index (Phi) is 14.2. The van der Waals surface area contributed by atoms with E-state index in [0.717, 1.165) is 65.0 Å². The average Bonchev–Trinajstić information content (AvgIpc) is 2.98. The van der Waals surface area contributed by atoms with Gasteiger partial charge in [-0.1, -0.05) is 24.3 Å². The molecule has 0 bridgehead atoms. The molecule has 0 aliphatic carbocycles. The van der Waals surface area contributed by atoms with E-state index in [9.17, 15) is 29.8 Å². The van der Waals surface area contributed by atoms with Crippen molar-refractivity contribution in [1.29, 1.82) is 0 Å². The van der Waals surface area contributed by atoms with Gasteiger partial charge in [0.1, 0.15) is 0 Å². The summed E-state index contributed by atoms with van der Waals surface area (Å²) in [6, 6.07) is 8.70. The number of unbranched alkanes of at least 4 members (excludes halogenated alkanes) is 2. The monoisotopic (exact) mass is 592 g/mol. The molecule has 14 nitrogen and oxygen atoms in total. The number of benzene rings is 1. The van der Waals surface area contributed by atoms with E-state index in [1.807, 2.05) is 0 Å². The lowest BCUT2D eigenvalue weighted by molar-refractivity contribution is -0.757. The molecule has 2 fully saturated rings. The van der Waals surface area contributed by atoms with Crippen LogP contribution in [-0.2, 0) is 32.4 Å². The molecular weight excluding hydrogens is 548 g/mol. The highest BCUT2D eigenvalue weighted by Crippen LogP contribution is 2.21. The molecule has 0 saturated carbocycles. The molecule has 0 unspecified atom stereocenters. The fourth-order valence-electron chi connectivity index (χ4n) is 5.42. The van der Waals surface area contributed by atoms with Gasteiger partial charge in [-0.15, -0.1) is 20.2 Å². The maximum Gasteiger partial charge on any atom is 0.294 e. The molecule has 1 aromatic carbocycles. The summed E-state index contributed by atoms with van der Waals surface area (Å²) in [4.78, 5) is 58.5. The van der Waals surface area contributed by atoms with E-state index < -0.39 is 10.2 Å². The third-order valence-electron chi connectivity index (χ3n) is 7.89. The number of piperidine rings is 2. The van der Waals surface area contributed by atoms with E-state index in [2.05, 4.69) is 54.4 Å². The predicted molar refractivity (Wildman–Crippen MR) is 153 cm³/mol. The van der Waals surface area contributed by atoms with Crippen molar-refractivity contribution >= 4 is 11.8 Å². The van der Waals surface area contributed by atoms with Gasteiger partial charge in [0, 0.05) is 38.0 Å². The largest absolute Gasteiger partial charge is 0.356 e. The zero-order valence-corrected chi connectivity index (χ0v) is 24.2. The van der Waals surface area contributed by atoms with Crippen molar-refractivity contribution in [1.82, 2.24) is 20.4 Å². The minimum atomic E-state index is -0.799. The van der Waals surface area contributed by atoms with Crippen molar-refractivity contribution in [3.05, 3.63) is 55.6 Å². The second-order valence-corrected chi connectivity index (χ2v) is 11.0. The number of rotatable bonds is 18. The number of nitrogens with one attached hydrogen (secondary N) is 2. The van der Waals surface area contributed by atoms with Gasteiger partial charge in [-0.3, -0.25) is 19.4 Å². The Bertz CT molecular complexity index is 916. The summed E-state index contributed by atoms with van der Waals surface area (Å²) < 4.78 is 0. The van der Waals surface area contributed by atoms with E-state index in [1.165, 1.54) is 11.1 Å². The highest BCUT2D eigenvalue weighted by Gasteiger charge is 2.26. The summed E-state index contributed by atoms with van der Waals surface area (Å²) in [6.07, 6.45) is 5.65. The highest BCUT2D eigenvalue weighted by molar-refractivity contribution is 5.79. The zero-order chi connectivity index (χ0) is 30.2. The maximum atomic E-state index is 12.4. The number of nitrogens with zero attached hydrogens (tertiary/aromatic N) is 4. The van der Waals surface area contributed by atoms with Gasteiger partial charge in [-0.05, 0) is 88.7 Å². The van der Waals surface area contributed by atoms with E-state index >= 15 is 0 Å². The summed E-state index contributed by atoms with van der Waals surface area (Å²) in [5.74, 6) is 0.155. The Labute approximate surface area is 246 Å². The van der Waals surface area contributed by atoms with E-state index in [1.54, 1.807) is 0 Å². The van der Waals surface area contributed by atoms with Crippen LogP contribution in [0.3, 0.4) is 0 Å². The Balaban J connectivity index is 1.26. The summed E-state index contributed by atoms with van der Waals surface area (Å²) in [5.41, 5.74) is 2.50. The minimum absolute atomic E-state index is 0.0108. The first kappa shape index (κ1) is 33.0. The van der Waals surface area contributed by atoms with Gasteiger partial charge in [0.25, 0.3) is 10.2 Å². The van der Waals surface area contributed by atoms with E-state index in [4.69, 9.17) is 0 Å². The molecule has 2 aliphatic rings. The van der Waals surface area contributed by atoms with Gasteiger partial charge >= 0.3 is 0 Å². The van der Waals surface area contributed by atoms with Crippen LogP contribution in [0, 0.1) is 32.1 Å². The smallest absolute Gasteiger partial charge is 0.294 e. The molecule has 3 rings (SSSR count). The lowest BCUT2D eigenvalue weighted by Crippen LogP contribution is -2.40. The fourth-order valence-corrected chi connectivity index (χ4v) is 5.42. The summed E-state index contributed by atoms with van der Waals surface area (Å²) >= 11 is 0. The molecule has 2 N–H and O–H groups in total. The molecule has 0 aromatic heterocycles. The first-order chi connectivity index (χ1) is 20.3. The quantitative estimate of drug-likeness (QED) is 0.147. The third kappa shape index (κ3) is 12.6. The lowest BCUT2D eigenvalue weighted by Gasteiger charge is -2.32. The van der Waals surface area contributed by atoms with Crippen LogP contribution in [0.4, 0.5) is 0 Å². The van der Waals surface area contributed by atoms with Crippen LogP contribution >= 0.6 is 0 Å². The molecule has 2 aliphatic heterocycles. The van der Waals surface area contributed by atoms with Gasteiger partial charge in [0.15, 0.2) is 0 Å². The van der Waals surface area contributed by atoms with Crippen LogP contribution in [0.25, 0.3) is 0 Å². The predicted octanol–water partition coefficient (Wildman–Crippen LogP) is 2.32. The average molecular weight is 593 g/mol. The van der Waals surface area contributed by atoms with Gasteiger partial charge in [0.05, 0.1) is 13.2 Å². The second-order valence-electron chi connectivity index (χ2n) is 11.0. The van der Waals surface area contributed by atoms with E-state index in [-0.39, 0.29) is 36.9 Å². The summed E-state index contributed by atoms with van der Waals surface area (Å²) in [6.45, 7) is 6.31. The third-order valence-corrected chi connectivity index (χ3v) is 7.89. The van der Waals surface area contributed by atoms with Crippen LogP contribution in [0.2, 0.25) is 0 Å². The van der Waals surface area contributed by atoms with Crippen LogP contribution in [0.5, 0.6) is 0 Å². The molecular formula is C28H44N6O8. The molecule has 2 saturated heterocycles. The molecule has 2 heterocycles. The topological polar surface area (TPSA) is 169 Å². The van der Waals surface area contributed by atoms with Gasteiger partial charge in [-0.2, -0.15) is 0 Å². The molecule has 0 spiro atoms. The van der Waals surface area contributed by atoms with Gasteiger partial charge in [-0.25, -0.2) is 0 Å². The van der Waals surface area contributed by atoms with Crippen LogP contribution in [-0.4, -0.2) is 84.3 Å². The normalized spacial score (nSPS) is 17.0. The van der Waals surface area contributed by atoms with Crippen molar-refractivity contribution in [3.63, 3.8) is 0 Å². The number of carbonyl (C=O) groups is 2. The first-order valence-corrected chi connectivity index (χ1v) is 14.9. The van der Waals surface area contributed by atoms with Gasteiger partial charge < -0.3 is 20.3 Å². The molecule has 234 valence electrons. The molecule has 0 radical (unpaired) electrons. The SMILES string of the molecule is O=C(NCCCCO[N+](=O)[O-])C1CCN(Cc2ccc(CN3CCC(C(=O)NCCCCO[N+](=O)[O-])CC3)cc2)CC1. The maximum absolute atomic E-state index is 12.4. The summed E-state index contributed by atoms with van der Waals surface area (Å²) in [7, 11) is 0. The number of hydrogen-bond donors (Lipinski definition) is 2. The minimum Gasteiger partial charge on any atom is -0.356 e. The van der Waals surface area contributed by atoms with Crippen molar-refractivity contribution in [2.24, 2.45) is 11.8 Å². The number of amides is 2. The van der Waals surface area contributed by atoms with E-state index in [0.29, 0.717) is 38.8 Å². The van der Waals surface area contributed by atoms with Crippen molar-refractivity contribution in [2.45, 2.75) is 64.5 Å². The Morgan fingerprint density at radius 2 is 1.05 bits per heavy atom. The van der Waals surface area contributed by atoms with Crippen LogP contribution in [0.15, 0.2) is 24.3 Å². The fraction of sp³-hybridized carbons (Fsp3) is 0.714. The molecule has 1 aromatic rings. The molecule has 42 heavy (non-hydrogen) atoms. The molecule has 0 atom stereocenters.